The van der Waals surface area contributed by atoms with E-state index in [0.717, 1.165) is 0 Å². The van der Waals surface area contributed by atoms with Gasteiger partial charge in [0.15, 0.2) is 0 Å². The van der Waals surface area contributed by atoms with Gasteiger partial charge in [-0.3, -0.25) is 0 Å². The van der Waals surface area contributed by atoms with Gasteiger partial charge in [-0.2, -0.15) is 9.97 Å². The predicted octanol–water partition coefficient (Wildman–Crippen LogP) is 2.73. The van der Waals surface area contributed by atoms with Crippen LogP contribution in [0.1, 0.15) is 12.5 Å². The molecule has 1 aromatic heterocycles. The first-order valence-electron chi connectivity index (χ1n) is 5.91. The van der Waals surface area contributed by atoms with Gasteiger partial charge in [0, 0.05) is 18.7 Å². The van der Waals surface area contributed by atoms with Crippen LogP contribution in [0.3, 0.4) is 0 Å². The number of hydrogen-bond acceptors (Lipinski definition) is 5. The molecular weight excluding hydrogens is 247 g/mol. The summed E-state index contributed by atoms with van der Waals surface area (Å²) in [6, 6.07) is 6.22. The van der Waals surface area contributed by atoms with Gasteiger partial charge < -0.3 is 15.8 Å². The minimum Gasteiger partial charge on any atom is -0.439 e. The maximum Gasteiger partial charge on any atom is 0.226 e. The van der Waals surface area contributed by atoms with E-state index in [1.54, 1.807) is 25.1 Å². The molecule has 0 unspecified atom stereocenters. The lowest BCUT2D eigenvalue weighted by atomic mass is 10.2. The minimum atomic E-state index is -0.327. The molecule has 3 N–H and O–H groups in total. The summed E-state index contributed by atoms with van der Waals surface area (Å²) >= 11 is 0. The highest BCUT2D eigenvalue weighted by Gasteiger charge is 2.06. The number of aromatic nitrogens is 2. The molecule has 0 spiro atoms. The Bertz CT molecular complexity index is 589. The Kier molecular flexibility index (Phi) is 3.79. The second-order valence-corrected chi connectivity index (χ2v) is 3.99. The molecule has 0 saturated heterocycles. The highest BCUT2D eigenvalue weighted by atomic mass is 19.1. The van der Waals surface area contributed by atoms with Crippen molar-refractivity contribution in [3.8, 4) is 11.6 Å². The number of nitrogens with zero attached hydrogens (tertiary/aromatic N) is 2. The molecule has 1 aromatic carbocycles. The van der Waals surface area contributed by atoms with Gasteiger partial charge in [-0.15, -0.1) is 0 Å². The molecule has 0 fully saturated rings. The van der Waals surface area contributed by atoms with Crippen molar-refractivity contribution in [1.82, 2.24) is 9.97 Å². The van der Waals surface area contributed by atoms with E-state index in [2.05, 4.69) is 15.3 Å². The van der Waals surface area contributed by atoms with Crippen LogP contribution in [0.4, 0.5) is 16.2 Å². The molecule has 0 bridgehead atoms. The van der Waals surface area contributed by atoms with Crippen molar-refractivity contribution in [2.75, 3.05) is 17.6 Å². The monoisotopic (exact) mass is 262 g/mol. The molecule has 100 valence electrons. The maximum absolute atomic E-state index is 13.4. The van der Waals surface area contributed by atoms with Crippen LogP contribution in [0.15, 0.2) is 24.3 Å². The third kappa shape index (κ3) is 3.31. The van der Waals surface area contributed by atoms with Crippen LogP contribution >= 0.6 is 0 Å². The van der Waals surface area contributed by atoms with E-state index < -0.39 is 0 Å². The fourth-order valence-electron chi connectivity index (χ4n) is 1.52. The average molecular weight is 262 g/mol. The Morgan fingerprint density at radius 1 is 1.32 bits per heavy atom. The quantitative estimate of drug-likeness (QED) is 0.886. The van der Waals surface area contributed by atoms with E-state index in [1.165, 1.54) is 6.07 Å². The number of nitrogens with two attached hydrogens (primary N) is 1. The lowest BCUT2D eigenvalue weighted by Gasteiger charge is -2.08. The normalized spacial score (nSPS) is 10.3. The maximum atomic E-state index is 13.4. The van der Waals surface area contributed by atoms with Crippen molar-refractivity contribution < 1.29 is 9.13 Å². The van der Waals surface area contributed by atoms with Gasteiger partial charge in [0.1, 0.15) is 17.4 Å². The molecule has 0 atom stereocenters. The SMILES string of the molecule is CCNc1cc(Oc2ccc(C)c(F)c2)nc(N)n1. The molecule has 6 heteroatoms. The van der Waals surface area contributed by atoms with Gasteiger partial charge >= 0.3 is 0 Å². The van der Waals surface area contributed by atoms with Crippen LogP contribution in [-0.4, -0.2) is 16.5 Å². The Balaban J connectivity index is 2.24. The molecule has 2 rings (SSSR count). The van der Waals surface area contributed by atoms with Gasteiger partial charge in [0.2, 0.25) is 11.8 Å². The highest BCUT2D eigenvalue weighted by molar-refractivity contribution is 5.44. The first-order valence-corrected chi connectivity index (χ1v) is 5.91. The number of hydrogen-bond donors (Lipinski definition) is 2. The van der Waals surface area contributed by atoms with E-state index in [1.807, 2.05) is 6.92 Å². The third-order valence-electron chi connectivity index (χ3n) is 2.44. The number of nitrogen functional groups attached to an aromatic ring is 1. The van der Waals surface area contributed by atoms with Crippen LogP contribution in [0.25, 0.3) is 0 Å². The summed E-state index contributed by atoms with van der Waals surface area (Å²) in [6.07, 6.45) is 0. The Morgan fingerprint density at radius 3 is 2.79 bits per heavy atom. The average Bonchev–Trinajstić information content (AvgIpc) is 2.33. The summed E-state index contributed by atoms with van der Waals surface area (Å²) in [5, 5.41) is 3.01. The molecule has 0 saturated carbocycles. The van der Waals surface area contributed by atoms with E-state index in [9.17, 15) is 4.39 Å². The Hall–Kier alpha value is -2.37. The third-order valence-corrected chi connectivity index (χ3v) is 2.44. The van der Waals surface area contributed by atoms with Gasteiger partial charge in [0.25, 0.3) is 0 Å². The molecule has 0 aliphatic rings. The van der Waals surface area contributed by atoms with Gasteiger partial charge in [-0.25, -0.2) is 4.39 Å². The highest BCUT2D eigenvalue weighted by Crippen LogP contribution is 2.23. The number of benzene rings is 1. The zero-order chi connectivity index (χ0) is 13.8. The Labute approximate surface area is 110 Å². The van der Waals surface area contributed by atoms with Crippen LogP contribution in [-0.2, 0) is 0 Å². The molecule has 0 amide bonds. The first kappa shape index (κ1) is 13.1. The number of aryl methyl sites for hydroxylation is 1. The zero-order valence-corrected chi connectivity index (χ0v) is 10.8. The second kappa shape index (κ2) is 5.51. The smallest absolute Gasteiger partial charge is 0.226 e. The molecule has 0 aliphatic heterocycles. The van der Waals surface area contributed by atoms with Crippen LogP contribution in [0.5, 0.6) is 11.6 Å². The van der Waals surface area contributed by atoms with Crippen LogP contribution in [0.2, 0.25) is 0 Å². The van der Waals surface area contributed by atoms with E-state index in [-0.39, 0.29) is 17.6 Å². The zero-order valence-electron chi connectivity index (χ0n) is 10.8. The van der Waals surface area contributed by atoms with E-state index >= 15 is 0 Å². The summed E-state index contributed by atoms with van der Waals surface area (Å²) < 4.78 is 18.9. The summed E-state index contributed by atoms with van der Waals surface area (Å²) in [5.41, 5.74) is 6.14. The molecule has 5 nitrogen and oxygen atoms in total. The topological polar surface area (TPSA) is 73.1 Å². The summed E-state index contributed by atoms with van der Waals surface area (Å²) in [5.74, 6) is 0.973. The van der Waals surface area contributed by atoms with E-state index in [4.69, 9.17) is 10.5 Å². The van der Waals surface area contributed by atoms with Crippen molar-refractivity contribution in [2.45, 2.75) is 13.8 Å². The number of nitrogens with one attached hydrogen (secondary N) is 1. The largest absolute Gasteiger partial charge is 0.439 e. The van der Waals surface area contributed by atoms with Crippen LogP contribution in [0, 0.1) is 12.7 Å². The summed E-state index contributed by atoms with van der Waals surface area (Å²) in [4.78, 5) is 7.94. The predicted molar refractivity (Wildman–Crippen MR) is 71.8 cm³/mol. The van der Waals surface area contributed by atoms with Gasteiger partial charge in [0.05, 0.1) is 0 Å². The number of ether oxygens (including phenoxy) is 1. The molecule has 0 radical (unpaired) electrons. The fourth-order valence-corrected chi connectivity index (χ4v) is 1.52. The number of halogens is 1. The number of rotatable bonds is 4. The summed E-state index contributed by atoms with van der Waals surface area (Å²) in [6.45, 7) is 4.33. The molecule has 2 aromatic rings. The van der Waals surface area contributed by atoms with Crippen molar-refractivity contribution >= 4 is 11.8 Å². The van der Waals surface area contributed by atoms with Gasteiger partial charge in [-0.05, 0) is 25.5 Å². The molecular formula is C13H15FN4O. The molecule has 19 heavy (non-hydrogen) atoms. The van der Waals surface area contributed by atoms with Crippen molar-refractivity contribution in [3.05, 3.63) is 35.6 Å². The Morgan fingerprint density at radius 2 is 2.11 bits per heavy atom. The molecule has 0 aliphatic carbocycles. The lowest BCUT2D eigenvalue weighted by Crippen LogP contribution is -2.04. The van der Waals surface area contributed by atoms with Gasteiger partial charge in [-0.1, -0.05) is 6.07 Å². The van der Waals surface area contributed by atoms with Crippen molar-refractivity contribution in [3.63, 3.8) is 0 Å². The second-order valence-electron chi connectivity index (χ2n) is 3.99. The first-order chi connectivity index (χ1) is 9.08. The van der Waals surface area contributed by atoms with Crippen LogP contribution < -0.4 is 15.8 Å². The standard InChI is InChI=1S/C13H15FN4O/c1-3-16-11-7-12(18-13(15)17-11)19-9-5-4-8(2)10(14)6-9/h4-7H,3H2,1-2H3,(H3,15,16,17,18). The van der Waals surface area contributed by atoms with Crippen molar-refractivity contribution in [2.24, 2.45) is 0 Å². The fraction of sp³-hybridized carbons (Fsp3) is 0.231. The number of anilines is 2. The lowest BCUT2D eigenvalue weighted by molar-refractivity contribution is 0.457. The molecule has 1 heterocycles. The summed E-state index contributed by atoms with van der Waals surface area (Å²) in [7, 11) is 0. The minimum absolute atomic E-state index is 0.0982. The van der Waals surface area contributed by atoms with E-state index in [0.29, 0.717) is 23.7 Å². The van der Waals surface area contributed by atoms with Crippen molar-refractivity contribution in [1.29, 1.82) is 0 Å².